The van der Waals surface area contributed by atoms with Crippen molar-refractivity contribution in [1.29, 1.82) is 0 Å². The molecule has 1 unspecified atom stereocenters. The van der Waals surface area contributed by atoms with Crippen molar-refractivity contribution < 1.29 is 17.9 Å². The van der Waals surface area contributed by atoms with Crippen LogP contribution in [0, 0.1) is 0 Å². The molecule has 0 spiro atoms. The average molecular weight is 451 g/mol. The Morgan fingerprint density at radius 2 is 1.76 bits per heavy atom. The van der Waals surface area contributed by atoms with Crippen LogP contribution in [0.1, 0.15) is 45.0 Å². The minimum atomic E-state index is -4.49. The lowest BCUT2D eigenvalue weighted by molar-refractivity contribution is -0.152. The fraction of sp³-hybridized carbons (Fsp3) is 0.450. The zero-order valence-corrected chi connectivity index (χ0v) is 18.4. The van der Waals surface area contributed by atoms with E-state index in [0.717, 1.165) is 11.9 Å². The molecule has 29 heavy (non-hydrogen) atoms. The number of nitrogens with zero attached hydrogens (tertiary/aromatic N) is 1. The third kappa shape index (κ3) is 7.37. The zero-order valence-electron chi connectivity index (χ0n) is 16.8. The second kappa shape index (κ2) is 12.3. The minimum Gasteiger partial charge on any atom is -0.373 e. The summed E-state index contributed by atoms with van der Waals surface area (Å²) in [6.45, 7) is 9.16. The zero-order chi connectivity index (χ0) is 22.0. The maximum absolute atomic E-state index is 13.4. The standard InChI is InChI=1S/C16H14ClF3N2O2S.2C2H6/c17-11-3-1-10(2-4-11)15(16(18,19)20)21-25-13-7-12-9-24-6-5-22(12)14(23)8-13;2*1-2/h1-4,7-8,15,21H,5-6,9H2;2*1-2H3. The predicted octanol–water partition coefficient (Wildman–Crippen LogP) is 5.98. The van der Waals surface area contributed by atoms with Crippen LogP contribution in [0.4, 0.5) is 13.2 Å². The Balaban J connectivity index is 0.000000989. The molecule has 162 valence electrons. The highest BCUT2D eigenvalue weighted by Crippen LogP contribution is 2.35. The molecule has 1 aliphatic rings. The summed E-state index contributed by atoms with van der Waals surface area (Å²) in [7, 11) is 0. The van der Waals surface area contributed by atoms with Gasteiger partial charge in [-0.2, -0.15) is 13.2 Å². The normalized spacial score (nSPS) is 13.9. The summed E-state index contributed by atoms with van der Waals surface area (Å²) in [6.07, 6.45) is -4.49. The SMILES string of the molecule is CC.CC.O=c1cc(SNC(c2ccc(Cl)cc2)C(F)(F)F)cc2n1CCOC2. The molecule has 0 saturated heterocycles. The van der Waals surface area contributed by atoms with E-state index in [1.165, 1.54) is 30.3 Å². The van der Waals surface area contributed by atoms with Crippen molar-refractivity contribution in [2.75, 3.05) is 6.61 Å². The van der Waals surface area contributed by atoms with E-state index in [9.17, 15) is 18.0 Å². The molecule has 9 heteroatoms. The van der Waals surface area contributed by atoms with Gasteiger partial charge in [0, 0.05) is 28.2 Å². The van der Waals surface area contributed by atoms with Crippen molar-refractivity contribution in [2.24, 2.45) is 0 Å². The van der Waals surface area contributed by atoms with Crippen molar-refractivity contribution in [3.63, 3.8) is 0 Å². The number of hydrogen-bond donors (Lipinski definition) is 1. The van der Waals surface area contributed by atoms with Gasteiger partial charge in [0.25, 0.3) is 5.56 Å². The molecule has 0 amide bonds. The van der Waals surface area contributed by atoms with Crippen molar-refractivity contribution in [3.05, 3.63) is 63.0 Å². The van der Waals surface area contributed by atoms with E-state index in [2.05, 4.69) is 4.72 Å². The molecule has 0 radical (unpaired) electrons. The number of benzene rings is 1. The maximum Gasteiger partial charge on any atom is 0.408 e. The molecule has 1 N–H and O–H groups in total. The molecule has 1 aromatic heterocycles. The molecular formula is C20H26ClF3N2O2S. The van der Waals surface area contributed by atoms with Gasteiger partial charge >= 0.3 is 6.18 Å². The van der Waals surface area contributed by atoms with E-state index in [4.69, 9.17) is 16.3 Å². The number of nitrogens with one attached hydrogen (secondary N) is 1. The van der Waals surface area contributed by atoms with Crippen LogP contribution in [0.25, 0.3) is 0 Å². The number of pyridine rings is 1. The molecule has 4 nitrogen and oxygen atoms in total. The first-order valence-corrected chi connectivity index (χ1v) is 10.6. The molecule has 2 aromatic rings. The Morgan fingerprint density at radius 3 is 2.34 bits per heavy atom. The fourth-order valence-corrected chi connectivity index (χ4v) is 3.50. The monoisotopic (exact) mass is 450 g/mol. The first kappa shape index (κ1) is 25.6. The number of fused-ring (bicyclic) bond motifs is 1. The molecule has 3 rings (SSSR count). The van der Waals surface area contributed by atoms with Crippen LogP contribution in [0.2, 0.25) is 5.02 Å². The molecule has 1 aliphatic heterocycles. The summed E-state index contributed by atoms with van der Waals surface area (Å²) < 4.78 is 49.4. The Kier molecular flexibility index (Phi) is 10.8. The smallest absolute Gasteiger partial charge is 0.373 e. The highest BCUT2D eigenvalue weighted by Gasteiger charge is 2.40. The lowest BCUT2D eigenvalue weighted by Crippen LogP contribution is -2.31. The first-order chi connectivity index (χ1) is 13.8. The van der Waals surface area contributed by atoms with Crippen LogP contribution in [-0.4, -0.2) is 17.4 Å². The van der Waals surface area contributed by atoms with Crippen molar-refractivity contribution in [3.8, 4) is 0 Å². The molecular weight excluding hydrogens is 425 g/mol. The van der Waals surface area contributed by atoms with Crippen LogP contribution in [0.3, 0.4) is 0 Å². The summed E-state index contributed by atoms with van der Waals surface area (Å²) in [6, 6.07) is 6.56. The molecule has 1 aromatic carbocycles. The third-order valence-electron chi connectivity index (χ3n) is 3.72. The molecule has 0 saturated carbocycles. The van der Waals surface area contributed by atoms with Gasteiger partial charge in [0.05, 0.1) is 13.2 Å². The molecule has 0 fully saturated rings. The largest absolute Gasteiger partial charge is 0.408 e. The van der Waals surface area contributed by atoms with Crippen LogP contribution in [0.15, 0.2) is 46.1 Å². The van der Waals surface area contributed by atoms with Crippen LogP contribution in [-0.2, 0) is 17.9 Å². The molecule has 0 aliphatic carbocycles. The predicted molar refractivity (Wildman–Crippen MR) is 112 cm³/mol. The number of aromatic nitrogens is 1. The minimum absolute atomic E-state index is 0.0439. The van der Waals surface area contributed by atoms with Crippen LogP contribution >= 0.6 is 23.5 Å². The van der Waals surface area contributed by atoms with E-state index in [0.29, 0.717) is 28.8 Å². The van der Waals surface area contributed by atoms with Gasteiger partial charge in [-0.05, 0) is 35.7 Å². The Labute approximate surface area is 178 Å². The highest BCUT2D eigenvalue weighted by molar-refractivity contribution is 7.97. The molecule has 2 heterocycles. The van der Waals surface area contributed by atoms with Crippen LogP contribution in [0.5, 0.6) is 0 Å². The lowest BCUT2D eigenvalue weighted by Gasteiger charge is -2.22. The van der Waals surface area contributed by atoms with E-state index in [-0.39, 0.29) is 17.7 Å². The summed E-state index contributed by atoms with van der Waals surface area (Å²) in [5, 5.41) is 0.361. The summed E-state index contributed by atoms with van der Waals surface area (Å²) in [5.41, 5.74) is 0.445. The quantitative estimate of drug-likeness (QED) is 0.581. The highest BCUT2D eigenvalue weighted by atomic mass is 35.5. The second-order valence-electron chi connectivity index (χ2n) is 5.47. The first-order valence-electron chi connectivity index (χ1n) is 9.40. The number of alkyl halides is 3. The van der Waals surface area contributed by atoms with Gasteiger partial charge in [0.15, 0.2) is 0 Å². The number of ether oxygens (including phenoxy) is 1. The third-order valence-corrected chi connectivity index (χ3v) is 4.80. The second-order valence-corrected chi connectivity index (χ2v) is 6.82. The lowest BCUT2D eigenvalue weighted by atomic mass is 10.1. The summed E-state index contributed by atoms with van der Waals surface area (Å²) >= 11 is 6.50. The molecule has 0 bridgehead atoms. The van der Waals surface area contributed by atoms with Gasteiger partial charge in [-0.25, -0.2) is 4.72 Å². The van der Waals surface area contributed by atoms with Crippen molar-refractivity contribution >= 4 is 23.5 Å². The van der Waals surface area contributed by atoms with Crippen LogP contribution < -0.4 is 10.3 Å². The van der Waals surface area contributed by atoms with Gasteiger partial charge < -0.3 is 9.30 Å². The van der Waals surface area contributed by atoms with Gasteiger partial charge in [-0.15, -0.1) is 0 Å². The van der Waals surface area contributed by atoms with E-state index in [1.807, 2.05) is 27.7 Å². The van der Waals surface area contributed by atoms with E-state index < -0.39 is 12.2 Å². The van der Waals surface area contributed by atoms with E-state index in [1.54, 1.807) is 10.6 Å². The van der Waals surface area contributed by atoms with Gasteiger partial charge in [-0.3, -0.25) is 4.79 Å². The average Bonchev–Trinajstić information content (AvgIpc) is 2.72. The van der Waals surface area contributed by atoms with Gasteiger partial charge in [0.2, 0.25) is 0 Å². The fourth-order valence-electron chi connectivity index (χ4n) is 2.50. The van der Waals surface area contributed by atoms with E-state index >= 15 is 0 Å². The Hall–Kier alpha value is -1.48. The summed E-state index contributed by atoms with van der Waals surface area (Å²) in [4.78, 5) is 12.5. The van der Waals surface area contributed by atoms with Gasteiger partial charge in [-0.1, -0.05) is 51.4 Å². The summed E-state index contributed by atoms with van der Waals surface area (Å²) in [5.74, 6) is 0. The van der Waals surface area contributed by atoms with Crippen molar-refractivity contribution in [1.82, 2.24) is 9.29 Å². The number of hydrogen-bond acceptors (Lipinski definition) is 4. The van der Waals surface area contributed by atoms with Gasteiger partial charge in [0.1, 0.15) is 6.04 Å². The number of rotatable bonds is 4. The maximum atomic E-state index is 13.4. The Morgan fingerprint density at radius 1 is 1.14 bits per heavy atom. The number of halogens is 4. The Bertz CT molecular complexity index is 811. The van der Waals surface area contributed by atoms with Crippen molar-refractivity contribution in [2.45, 2.75) is 58.0 Å². The topological polar surface area (TPSA) is 43.3 Å². The molecule has 1 atom stereocenters.